The van der Waals surface area contributed by atoms with Gasteiger partial charge in [-0.05, 0) is 18.1 Å². The quantitative estimate of drug-likeness (QED) is 0.869. The highest BCUT2D eigenvalue weighted by Crippen LogP contribution is 2.25. The number of carbonyl (C=O) groups is 1. The van der Waals surface area contributed by atoms with Crippen molar-refractivity contribution in [2.24, 2.45) is 0 Å². The maximum absolute atomic E-state index is 13.5. The molecule has 4 nitrogen and oxygen atoms in total. The topological polar surface area (TPSA) is 46.1 Å². The minimum absolute atomic E-state index is 0.246. The van der Waals surface area contributed by atoms with E-state index >= 15 is 0 Å². The molecule has 0 atom stereocenters. The molecule has 0 N–H and O–H groups in total. The number of halogens is 1. The van der Waals surface area contributed by atoms with Gasteiger partial charge in [0.2, 0.25) is 0 Å². The maximum atomic E-state index is 13.5. The fourth-order valence-corrected chi connectivity index (χ4v) is 2.65. The van der Waals surface area contributed by atoms with Crippen molar-refractivity contribution in [1.82, 2.24) is 9.97 Å². The molecular formula is C18H20FN3O. The van der Waals surface area contributed by atoms with E-state index in [-0.39, 0.29) is 11.7 Å². The first-order valence-electron chi connectivity index (χ1n) is 7.94. The summed E-state index contributed by atoms with van der Waals surface area (Å²) in [4.78, 5) is 22.7. The Morgan fingerprint density at radius 1 is 1.13 bits per heavy atom. The first-order valence-corrected chi connectivity index (χ1v) is 7.94. The molecular weight excluding hydrogens is 293 g/mol. The summed E-state index contributed by atoms with van der Waals surface area (Å²) in [5, 5.41) is 0. The van der Waals surface area contributed by atoms with Crippen LogP contribution in [0.1, 0.15) is 38.3 Å². The van der Waals surface area contributed by atoms with Gasteiger partial charge in [0.15, 0.2) is 5.82 Å². The Labute approximate surface area is 135 Å². The van der Waals surface area contributed by atoms with Crippen molar-refractivity contribution in [3.8, 4) is 11.4 Å². The van der Waals surface area contributed by atoms with E-state index in [1.54, 1.807) is 6.07 Å². The summed E-state index contributed by atoms with van der Waals surface area (Å²) < 4.78 is 13.5. The van der Waals surface area contributed by atoms with E-state index in [0.29, 0.717) is 43.1 Å². The SMILES string of the molecule is CC(C)c1cc(N2CCC(=O)CC2)nc(-c2cccc(F)c2)n1. The van der Waals surface area contributed by atoms with Gasteiger partial charge in [-0.15, -0.1) is 0 Å². The first-order chi connectivity index (χ1) is 11.0. The summed E-state index contributed by atoms with van der Waals surface area (Å²) in [5.41, 5.74) is 1.59. The van der Waals surface area contributed by atoms with E-state index < -0.39 is 0 Å². The molecule has 0 unspecified atom stereocenters. The Kier molecular flexibility index (Phi) is 4.37. The molecule has 0 amide bonds. The lowest BCUT2D eigenvalue weighted by Crippen LogP contribution is -2.34. The molecule has 3 rings (SSSR count). The lowest BCUT2D eigenvalue weighted by molar-refractivity contribution is -0.119. The molecule has 0 saturated carbocycles. The number of piperidine rings is 1. The first kappa shape index (κ1) is 15.6. The third kappa shape index (κ3) is 3.55. The number of aromatic nitrogens is 2. The molecule has 1 aromatic heterocycles. The van der Waals surface area contributed by atoms with E-state index in [1.165, 1.54) is 12.1 Å². The largest absolute Gasteiger partial charge is 0.356 e. The Balaban J connectivity index is 2.01. The van der Waals surface area contributed by atoms with Gasteiger partial charge < -0.3 is 4.90 Å². The molecule has 1 aromatic carbocycles. The minimum atomic E-state index is -0.300. The second-order valence-corrected chi connectivity index (χ2v) is 6.17. The highest BCUT2D eigenvalue weighted by Gasteiger charge is 2.19. The van der Waals surface area contributed by atoms with Crippen molar-refractivity contribution in [3.05, 3.63) is 41.8 Å². The normalized spacial score (nSPS) is 15.3. The predicted molar refractivity (Wildman–Crippen MR) is 88.0 cm³/mol. The van der Waals surface area contributed by atoms with Gasteiger partial charge in [-0.3, -0.25) is 4.79 Å². The molecule has 0 spiro atoms. The van der Waals surface area contributed by atoms with E-state index in [2.05, 4.69) is 28.7 Å². The molecule has 0 radical (unpaired) electrons. The smallest absolute Gasteiger partial charge is 0.161 e. The van der Waals surface area contributed by atoms with E-state index in [9.17, 15) is 9.18 Å². The number of hydrogen-bond acceptors (Lipinski definition) is 4. The molecule has 1 aliphatic heterocycles. The second kappa shape index (κ2) is 6.44. The van der Waals surface area contributed by atoms with E-state index in [4.69, 9.17) is 0 Å². The third-order valence-corrected chi connectivity index (χ3v) is 4.05. The number of carbonyl (C=O) groups excluding carboxylic acids is 1. The van der Waals surface area contributed by atoms with Crippen molar-refractivity contribution in [1.29, 1.82) is 0 Å². The van der Waals surface area contributed by atoms with Gasteiger partial charge >= 0.3 is 0 Å². The molecule has 1 saturated heterocycles. The molecule has 2 heterocycles. The number of nitrogens with zero attached hydrogens (tertiary/aromatic N) is 3. The van der Waals surface area contributed by atoms with Gasteiger partial charge in [0, 0.05) is 43.3 Å². The van der Waals surface area contributed by atoms with Gasteiger partial charge in [0.25, 0.3) is 0 Å². The van der Waals surface area contributed by atoms with Crippen LogP contribution < -0.4 is 4.90 Å². The van der Waals surface area contributed by atoms with E-state index in [0.717, 1.165) is 11.5 Å². The number of hydrogen-bond donors (Lipinski definition) is 0. The van der Waals surface area contributed by atoms with Gasteiger partial charge in [0.1, 0.15) is 17.4 Å². The standard InChI is InChI=1S/C18H20FN3O/c1-12(2)16-11-17(22-8-6-15(23)7-9-22)21-18(20-16)13-4-3-5-14(19)10-13/h3-5,10-12H,6-9H2,1-2H3. The second-order valence-electron chi connectivity index (χ2n) is 6.17. The highest BCUT2D eigenvalue weighted by atomic mass is 19.1. The fourth-order valence-electron chi connectivity index (χ4n) is 2.65. The Bertz CT molecular complexity index is 720. The zero-order chi connectivity index (χ0) is 16.4. The number of rotatable bonds is 3. The average Bonchev–Trinajstić information content (AvgIpc) is 2.55. The monoisotopic (exact) mass is 313 g/mol. The predicted octanol–water partition coefficient (Wildman–Crippen LogP) is 3.58. The molecule has 0 bridgehead atoms. The van der Waals surface area contributed by atoms with E-state index in [1.807, 2.05) is 12.1 Å². The zero-order valence-electron chi connectivity index (χ0n) is 13.4. The van der Waals surface area contributed by atoms with Crippen molar-refractivity contribution in [2.45, 2.75) is 32.6 Å². The lowest BCUT2D eigenvalue weighted by Gasteiger charge is -2.28. The van der Waals surface area contributed by atoms with Crippen molar-refractivity contribution in [2.75, 3.05) is 18.0 Å². The van der Waals surface area contributed by atoms with Crippen LogP contribution >= 0.6 is 0 Å². The Morgan fingerprint density at radius 3 is 2.52 bits per heavy atom. The van der Waals surface area contributed by atoms with Crippen molar-refractivity contribution < 1.29 is 9.18 Å². The van der Waals surface area contributed by atoms with Gasteiger partial charge in [-0.1, -0.05) is 26.0 Å². The summed E-state index contributed by atoms with van der Waals surface area (Å²) in [6.45, 7) is 5.49. The van der Waals surface area contributed by atoms with Gasteiger partial charge in [0.05, 0.1) is 0 Å². The summed E-state index contributed by atoms with van der Waals surface area (Å²) in [6, 6.07) is 8.31. The number of Topliss-reactive ketones (excluding diaryl/α,β-unsaturated/α-hetero) is 1. The highest BCUT2D eigenvalue weighted by molar-refractivity contribution is 5.80. The summed E-state index contributed by atoms with van der Waals surface area (Å²) >= 11 is 0. The summed E-state index contributed by atoms with van der Waals surface area (Å²) in [7, 11) is 0. The van der Waals surface area contributed by atoms with Crippen LogP contribution in [0.25, 0.3) is 11.4 Å². The number of benzene rings is 1. The van der Waals surface area contributed by atoms with Crippen LogP contribution in [0.15, 0.2) is 30.3 Å². The van der Waals surface area contributed by atoms with Gasteiger partial charge in [-0.2, -0.15) is 0 Å². The maximum Gasteiger partial charge on any atom is 0.161 e. The summed E-state index contributed by atoms with van der Waals surface area (Å²) in [5.74, 6) is 1.59. The van der Waals surface area contributed by atoms with Crippen LogP contribution in [0.4, 0.5) is 10.2 Å². The average molecular weight is 313 g/mol. The molecule has 1 fully saturated rings. The summed E-state index contributed by atoms with van der Waals surface area (Å²) in [6.07, 6.45) is 1.10. The van der Waals surface area contributed by atoms with Crippen LogP contribution in [0, 0.1) is 5.82 Å². The number of anilines is 1. The van der Waals surface area contributed by atoms with Gasteiger partial charge in [-0.25, -0.2) is 14.4 Å². The molecule has 23 heavy (non-hydrogen) atoms. The Morgan fingerprint density at radius 2 is 1.87 bits per heavy atom. The Hall–Kier alpha value is -2.30. The van der Waals surface area contributed by atoms with Crippen LogP contribution in [-0.2, 0) is 4.79 Å². The fraction of sp³-hybridized carbons (Fsp3) is 0.389. The van der Waals surface area contributed by atoms with Crippen molar-refractivity contribution >= 4 is 11.6 Å². The molecule has 2 aromatic rings. The van der Waals surface area contributed by atoms with Crippen LogP contribution in [0.5, 0.6) is 0 Å². The van der Waals surface area contributed by atoms with Crippen LogP contribution in [0.3, 0.4) is 0 Å². The van der Waals surface area contributed by atoms with Crippen LogP contribution in [-0.4, -0.2) is 28.8 Å². The third-order valence-electron chi connectivity index (χ3n) is 4.05. The lowest BCUT2D eigenvalue weighted by atomic mass is 10.1. The zero-order valence-corrected chi connectivity index (χ0v) is 13.4. The molecule has 1 aliphatic rings. The van der Waals surface area contributed by atoms with Crippen molar-refractivity contribution in [3.63, 3.8) is 0 Å². The van der Waals surface area contributed by atoms with Crippen LogP contribution in [0.2, 0.25) is 0 Å². The molecule has 5 heteroatoms. The molecule has 120 valence electrons. The molecule has 0 aliphatic carbocycles. The minimum Gasteiger partial charge on any atom is -0.356 e. The number of ketones is 1.